The van der Waals surface area contributed by atoms with Gasteiger partial charge in [-0.1, -0.05) is 11.6 Å². The van der Waals surface area contributed by atoms with Crippen molar-refractivity contribution in [1.29, 1.82) is 0 Å². The number of hydrogen-bond donors (Lipinski definition) is 1. The van der Waals surface area contributed by atoms with Gasteiger partial charge in [0.05, 0.1) is 5.25 Å². The molecule has 20 heavy (non-hydrogen) atoms. The molecule has 0 bridgehead atoms. The lowest BCUT2D eigenvalue weighted by Gasteiger charge is -2.26. The fourth-order valence-corrected chi connectivity index (χ4v) is 3.44. The molecule has 0 aromatic heterocycles. The largest absolute Gasteiger partial charge is 0.337 e. The Balaban J connectivity index is 0.00000200. The van der Waals surface area contributed by atoms with Gasteiger partial charge in [0, 0.05) is 29.0 Å². The summed E-state index contributed by atoms with van der Waals surface area (Å²) < 4.78 is 0. The number of nitrogens with two attached hydrogens (primary N) is 1. The maximum absolute atomic E-state index is 12.4. The summed E-state index contributed by atoms with van der Waals surface area (Å²) in [5.41, 5.74) is 5.72. The molecular weight excluding hydrogens is 315 g/mol. The molecule has 1 fully saturated rings. The zero-order valence-corrected chi connectivity index (χ0v) is 13.8. The van der Waals surface area contributed by atoms with Crippen LogP contribution in [0, 0.1) is 0 Å². The minimum atomic E-state index is -0.0895. The average molecular weight is 335 g/mol. The van der Waals surface area contributed by atoms with E-state index in [0.717, 1.165) is 24.3 Å². The fourth-order valence-electron chi connectivity index (χ4n) is 2.37. The van der Waals surface area contributed by atoms with Crippen LogP contribution >= 0.6 is 35.8 Å². The van der Waals surface area contributed by atoms with Gasteiger partial charge in [-0.15, -0.1) is 24.2 Å². The second-order valence-corrected chi connectivity index (χ2v) is 6.63. The van der Waals surface area contributed by atoms with Crippen LogP contribution in [0.1, 0.15) is 19.8 Å². The Bertz CT molecular complexity index is 441. The van der Waals surface area contributed by atoms with E-state index >= 15 is 0 Å². The zero-order chi connectivity index (χ0) is 13.8. The van der Waals surface area contributed by atoms with Crippen LogP contribution in [0.4, 0.5) is 0 Å². The molecule has 1 aromatic rings. The smallest absolute Gasteiger partial charge is 0.236 e. The molecule has 112 valence electrons. The maximum atomic E-state index is 12.4. The average Bonchev–Trinajstić information content (AvgIpc) is 2.88. The molecule has 2 N–H and O–H groups in total. The second-order valence-electron chi connectivity index (χ2n) is 4.78. The molecule has 2 unspecified atom stereocenters. The Hall–Kier alpha value is -0.420. The first-order valence-corrected chi connectivity index (χ1v) is 7.80. The second kappa shape index (κ2) is 8.13. The predicted molar refractivity (Wildman–Crippen MR) is 87.8 cm³/mol. The van der Waals surface area contributed by atoms with Crippen molar-refractivity contribution in [2.45, 2.75) is 36.0 Å². The summed E-state index contributed by atoms with van der Waals surface area (Å²) >= 11 is 7.42. The Labute approximate surface area is 135 Å². The van der Waals surface area contributed by atoms with Gasteiger partial charge >= 0.3 is 0 Å². The molecule has 0 spiro atoms. The lowest BCUT2D eigenvalue weighted by molar-refractivity contribution is -0.130. The standard InChI is InChI=1S/C14H19ClN2OS.ClH/c1-10(19-13-6-4-11(15)5-7-13)14(18)17-8-2-3-12(17)9-16;/h4-7,10,12H,2-3,8-9,16H2,1H3;1H. The molecule has 1 heterocycles. The summed E-state index contributed by atoms with van der Waals surface area (Å²) in [6.45, 7) is 3.35. The van der Waals surface area contributed by atoms with Gasteiger partial charge in [-0.05, 0) is 44.0 Å². The topological polar surface area (TPSA) is 46.3 Å². The van der Waals surface area contributed by atoms with Gasteiger partial charge in [0.1, 0.15) is 0 Å². The van der Waals surface area contributed by atoms with Crippen molar-refractivity contribution in [3.63, 3.8) is 0 Å². The van der Waals surface area contributed by atoms with E-state index in [2.05, 4.69) is 0 Å². The maximum Gasteiger partial charge on any atom is 0.236 e. The third-order valence-electron chi connectivity index (χ3n) is 3.41. The van der Waals surface area contributed by atoms with Crippen LogP contribution in [0.2, 0.25) is 5.02 Å². The quantitative estimate of drug-likeness (QED) is 0.860. The highest BCUT2D eigenvalue weighted by Crippen LogP contribution is 2.28. The van der Waals surface area contributed by atoms with E-state index in [0.29, 0.717) is 11.6 Å². The molecule has 3 nitrogen and oxygen atoms in total. The minimum absolute atomic E-state index is 0. The molecule has 1 amide bonds. The van der Waals surface area contributed by atoms with E-state index in [-0.39, 0.29) is 29.6 Å². The number of benzene rings is 1. The molecule has 1 aliphatic rings. The van der Waals surface area contributed by atoms with Gasteiger partial charge in [-0.3, -0.25) is 4.79 Å². The third-order valence-corrected chi connectivity index (χ3v) is 4.76. The van der Waals surface area contributed by atoms with Crippen molar-refractivity contribution in [2.24, 2.45) is 5.73 Å². The van der Waals surface area contributed by atoms with Crippen molar-refractivity contribution >= 4 is 41.7 Å². The summed E-state index contributed by atoms with van der Waals surface area (Å²) in [6, 6.07) is 7.81. The van der Waals surface area contributed by atoms with E-state index in [9.17, 15) is 4.79 Å². The summed E-state index contributed by atoms with van der Waals surface area (Å²) in [7, 11) is 0. The molecule has 1 aromatic carbocycles. The first-order valence-electron chi connectivity index (χ1n) is 6.54. The van der Waals surface area contributed by atoms with Gasteiger partial charge in [-0.25, -0.2) is 0 Å². The fraction of sp³-hybridized carbons (Fsp3) is 0.500. The van der Waals surface area contributed by atoms with Crippen LogP contribution in [-0.2, 0) is 4.79 Å². The molecule has 2 atom stereocenters. The van der Waals surface area contributed by atoms with Crippen LogP contribution in [-0.4, -0.2) is 35.2 Å². The molecule has 1 saturated heterocycles. The number of hydrogen-bond acceptors (Lipinski definition) is 3. The highest BCUT2D eigenvalue weighted by molar-refractivity contribution is 8.00. The van der Waals surface area contributed by atoms with E-state index in [4.69, 9.17) is 17.3 Å². The number of likely N-dealkylation sites (tertiary alicyclic amines) is 1. The number of amides is 1. The van der Waals surface area contributed by atoms with Crippen LogP contribution < -0.4 is 5.73 Å². The highest BCUT2D eigenvalue weighted by atomic mass is 35.5. The molecular formula is C14H20Cl2N2OS. The Kier molecular flexibility index (Phi) is 7.17. The monoisotopic (exact) mass is 334 g/mol. The Morgan fingerprint density at radius 1 is 1.50 bits per heavy atom. The lowest BCUT2D eigenvalue weighted by Crippen LogP contribution is -2.43. The summed E-state index contributed by atoms with van der Waals surface area (Å²) in [4.78, 5) is 15.4. The van der Waals surface area contributed by atoms with Gasteiger partial charge in [0.25, 0.3) is 0 Å². The SMILES string of the molecule is CC(Sc1ccc(Cl)cc1)C(=O)N1CCCC1CN.Cl. The van der Waals surface area contributed by atoms with Crippen molar-refractivity contribution < 1.29 is 4.79 Å². The summed E-state index contributed by atoms with van der Waals surface area (Å²) in [5, 5.41) is 0.624. The van der Waals surface area contributed by atoms with Gasteiger partial charge in [0.15, 0.2) is 0 Å². The number of nitrogens with zero attached hydrogens (tertiary/aromatic N) is 1. The number of carbonyl (C=O) groups is 1. The summed E-state index contributed by atoms with van der Waals surface area (Å²) in [5.74, 6) is 0.188. The third kappa shape index (κ3) is 4.29. The van der Waals surface area contributed by atoms with Crippen molar-refractivity contribution in [3.8, 4) is 0 Å². The molecule has 1 aliphatic heterocycles. The van der Waals surface area contributed by atoms with Gasteiger partial charge < -0.3 is 10.6 Å². The van der Waals surface area contributed by atoms with E-state index in [1.54, 1.807) is 11.8 Å². The van der Waals surface area contributed by atoms with Gasteiger partial charge in [0.2, 0.25) is 5.91 Å². The zero-order valence-electron chi connectivity index (χ0n) is 11.4. The van der Waals surface area contributed by atoms with E-state index in [1.807, 2.05) is 36.1 Å². The molecule has 0 saturated carbocycles. The van der Waals surface area contributed by atoms with Crippen LogP contribution in [0.3, 0.4) is 0 Å². The highest BCUT2D eigenvalue weighted by Gasteiger charge is 2.30. The lowest BCUT2D eigenvalue weighted by atomic mass is 10.2. The normalized spacial score (nSPS) is 19.6. The first kappa shape index (κ1) is 17.6. The molecule has 0 radical (unpaired) electrons. The molecule has 0 aliphatic carbocycles. The van der Waals surface area contributed by atoms with Crippen LogP contribution in [0.25, 0.3) is 0 Å². The number of rotatable bonds is 4. The number of halogens is 2. The van der Waals surface area contributed by atoms with Crippen LogP contribution in [0.5, 0.6) is 0 Å². The Morgan fingerprint density at radius 2 is 2.15 bits per heavy atom. The van der Waals surface area contributed by atoms with Crippen LogP contribution in [0.15, 0.2) is 29.2 Å². The van der Waals surface area contributed by atoms with Crippen molar-refractivity contribution in [2.75, 3.05) is 13.1 Å². The number of carbonyl (C=O) groups excluding carboxylic acids is 1. The van der Waals surface area contributed by atoms with Gasteiger partial charge in [-0.2, -0.15) is 0 Å². The Morgan fingerprint density at radius 3 is 2.75 bits per heavy atom. The number of thioether (sulfide) groups is 1. The molecule has 2 rings (SSSR count). The van der Waals surface area contributed by atoms with E-state index in [1.165, 1.54) is 0 Å². The minimum Gasteiger partial charge on any atom is -0.337 e. The molecule has 6 heteroatoms. The van der Waals surface area contributed by atoms with Crippen molar-refractivity contribution in [1.82, 2.24) is 4.90 Å². The predicted octanol–water partition coefficient (Wildman–Crippen LogP) is 3.19. The summed E-state index contributed by atoms with van der Waals surface area (Å²) in [6.07, 6.45) is 2.09. The van der Waals surface area contributed by atoms with Crippen molar-refractivity contribution in [3.05, 3.63) is 29.3 Å². The first-order chi connectivity index (χ1) is 9.11. The van der Waals surface area contributed by atoms with E-state index < -0.39 is 0 Å².